The molecule has 20 heavy (non-hydrogen) atoms. The fourth-order valence-corrected chi connectivity index (χ4v) is 2.69. The molecule has 0 spiro atoms. The molecule has 0 radical (unpaired) electrons. The molecule has 0 saturated carbocycles. The Morgan fingerprint density at radius 1 is 1.15 bits per heavy atom. The van der Waals surface area contributed by atoms with Gasteiger partial charge >= 0.3 is 0 Å². The average Bonchev–Trinajstić information content (AvgIpc) is 2.42. The standard InChI is InChI=1S/C12H7F2N3O2S/c13-11-6-5-9(12(14)16-11)17-20(18,19)10-4-2-1-3-8(10)7-15/h1-6,17H. The van der Waals surface area contributed by atoms with Crippen molar-refractivity contribution in [2.45, 2.75) is 4.90 Å². The van der Waals surface area contributed by atoms with Crippen molar-refractivity contribution in [2.75, 3.05) is 4.72 Å². The number of benzene rings is 1. The molecule has 0 aliphatic heterocycles. The van der Waals surface area contributed by atoms with Crippen LogP contribution in [0.15, 0.2) is 41.3 Å². The summed E-state index contributed by atoms with van der Waals surface area (Å²) in [7, 11) is -4.17. The van der Waals surface area contributed by atoms with Gasteiger partial charge in [-0.15, -0.1) is 0 Å². The third kappa shape index (κ3) is 2.73. The van der Waals surface area contributed by atoms with Crippen molar-refractivity contribution in [1.82, 2.24) is 4.98 Å². The third-order valence-corrected chi connectivity index (χ3v) is 3.78. The van der Waals surface area contributed by atoms with E-state index >= 15 is 0 Å². The summed E-state index contributed by atoms with van der Waals surface area (Å²) >= 11 is 0. The number of aromatic nitrogens is 1. The Kier molecular flexibility index (Phi) is 3.63. The number of anilines is 1. The van der Waals surface area contributed by atoms with E-state index in [1.54, 1.807) is 6.07 Å². The zero-order chi connectivity index (χ0) is 14.8. The predicted molar refractivity (Wildman–Crippen MR) is 66.1 cm³/mol. The maximum atomic E-state index is 13.3. The van der Waals surface area contributed by atoms with Crippen molar-refractivity contribution in [3.8, 4) is 6.07 Å². The van der Waals surface area contributed by atoms with E-state index < -0.39 is 27.6 Å². The molecule has 0 aliphatic carbocycles. The van der Waals surface area contributed by atoms with Gasteiger partial charge in [0.25, 0.3) is 10.0 Å². The molecule has 8 heteroatoms. The molecule has 0 saturated heterocycles. The predicted octanol–water partition coefficient (Wildman–Crippen LogP) is 2.03. The van der Waals surface area contributed by atoms with Crippen LogP contribution in [0.4, 0.5) is 14.5 Å². The summed E-state index contributed by atoms with van der Waals surface area (Å²) in [4.78, 5) is 2.57. The van der Waals surface area contributed by atoms with E-state index in [0.717, 1.165) is 12.1 Å². The average molecular weight is 295 g/mol. The molecule has 0 unspecified atom stereocenters. The lowest BCUT2D eigenvalue weighted by molar-refractivity contribution is 0.515. The lowest BCUT2D eigenvalue weighted by atomic mass is 10.2. The number of nitrogens with zero attached hydrogens (tertiary/aromatic N) is 2. The minimum absolute atomic E-state index is 0.0875. The summed E-state index contributed by atoms with van der Waals surface area (Å²) in [6.45, 7) is 0. The molecule has 0 aliphatic rings. The van der Waals surface area contributed by atoms with Crippen LogP contribution >= 0.6 is 0 Å². The number of hydrogen-bond acceptors (Lipinski definition) is 4. The zero-order valence-corrected chi connectivity index (χ0v) is 10.7. The van der Waals surface area contributed by atoms with Gasteiger partial charge in [-0.25, -0.2) is 8.42 Å². The van der Waals surface area contributed by atoms with Gasteiger partial charge in [-0.3, -0.25) is 4.72 Å². The molecule has 1 aromatic carbocycles. The fraction of sp³-hybridized carbons (Fsp3) is 0. The fourth-order valence-electron chi connectivity index (χ4n) is 1.48. The van der Waals surface area contributed by atoms with Crippen molar-refractivity contribution in [1.29, 1.82) is 5.26 Å². The Bertz CT molecular complexity index is 801. The van der Waals surface area contributed by atoms with Crippen LogP contribution in [0.5, 0.6) is 0 Å². The SMILES string of the molecule is N#Cc1ccccc1S(=O)(=O)Nc1ccc(F)nc1F. The molecular formula is C12H7F2N3O2S. The molecule has 1 heterocycles. The first kappa shape index (κ1) is 13.9. The van der Waals surface area contributed by atoms with Crippen LogP contribution in [0.25, 0.3) is 0 Å². The summed E-state index contributed by atoms with van der Waals surface area (Å²) < 4.78 is 52.0. The highest BCUT2D eigenvalue weighted by Crippen LogP contribution is 2.20. The van der Waals surface area contributed by atoms with E-state index in [1.165, 1.54) is 24.3 Å². The molecule has 5 nitrogen and oxygen atoms in total. The number of nitriles is 1. The second kappa shape index (κ2) is 5.22. The minimum Gasteiger partial charge on any atom is -0.275 e. The lowest BCUT2D eigenvalue weighted by Crippen LogP contribution is -2.15. The van der Waals surface area contributed by atoms with Gasteiger partial charge < -0.3 is 0 Å². The van der Waals surface area contributed by atoms with Gasteiger partial charge in [0.15, 0.2) is 0 Å². The molecule has 0 fully saturated rings. The first-order valence-corrected chi connectivity index (χ1v) is 6.76. The minimum atomic E-state index is -4.17. The van der Waals surface area contributed by atoms with Crippen LogP contribution in [0, 0.1) is 23.2 Å². The van der Waals surface area contributed by atoms with E-state index in [4.69, 9.17) is 5.26 Å². The molecular weight excluding hydrogens is 288 g/mol. The smallest absolute Gasteiger partial charge is 0.263 e. The Labute approximate surface area is 113 Å². The van der Waals surface area contributed by atoms with E-state index in [-0.39, 0.29) is 10.5 Å². The van der Waals surface area contributed by atoms with Crippen molar-refractivity contribution in [3.63, 3.8) is 0 Å². The number of sulfonamides is 1. The number of pyridine rings is 1. The van der Waals surface area contributed by atoms with E-state index in [2.05, 4.69) is 4.98 Å². The van der Waals surface area contributed by atoms with Crippen LogP contribution in [0.1, 0.15) is 5.56 Å². The zero-order valence-electron chi connectivity index (χ0n) is 9.84. The lowest BCUT2D eigenvalue weighted by Gasteiger charge is -2.09. The Morgan fingerprint density at radius 2 is 1.85 bits per heavy atom. The number of nitrogens with one attached hydrogen (secondary N) is 1. The Balaban J connectivity index is 2.44. The molecule has 2 aromatic rings. The number of halogens is 2. The van der Waals surface area contributed by atoms with Crippen LogP contribution in [0.3, 0.4) is 0 Å². The maximum Gasteiger partial charge on any atom is 0.263 e. The van der Waals surface area contributed by atoms with Gasteiger partial charge in [-0.1, -0.05) is 12.1 Å². The monoisotopic (exact) mass is 295 g/mol. The second-order valence-corrected chi connectivity index (χ2v) is 5.34. The number of rotatable bonds is 3. The van der Waals surface area contributed by atoms with Gasteiger partial charge in [0.05, 0.1) is 5.56 Å². The van der Waals surface area contributed by atoms with Crippen molar-refractivity contribution in [2.24, 2.45) is 0 Å². The van der Waals surface area contributed by atoms with E-state index in [0.29, 0.717) is 0 Å². The molecule has 0 atom stereocenters. The number of hydrogen-bond donors (Lipinski definition) is 1. The molecule has 0 amide bonds. The van der Waals surface area contributed by atoms with E-state index in [1.807, 2.05) is 4.72 Å². The molecule has 1 aromatic heterocycles. The highest BCUT2D eigenvalue weighted by Gasteiger charge is 2.20. The van der Waals surface area contributed by atoms with Gasteiger partial charge in [-0.05, 0) is 24.3 Å². The quantitative estimate of drug-likeness (QED) is 0.878. The summed E-state index contributed by atoms with van der Waals surface area (Å²) in [5.41, 5.74) is -0.588. The van der Waals surface area contributed by atoms with Crippen molar-refractivity contribution >= 4 is 15.7 Å². The van der Waals surface area contributed by atoms with Gasteiger partial charge in [-0.2, -0.15) is 19.0 Å². The summed E-state index contributed by atoms with van der Waals surface area (Å²) in [6, 6.07) is 8.89. The first-order valence-electron chi connectivity index (χ1n) is 5.28. The maximum absolute atomic E-state index is 13.3. The van der Waals surface area contributed by atoms with Crippen molar-refractivity contribution < 1.29 is 17.2 Å². The normalized spacial score (nSPS) is 10.8. The first-order chi connectivity index (χ1) is 9.44. The van der Waals surface area contributed by atoms with Gasteiger partial charge in [0.2, 0.25) is 11.9 Å². The molecule has 102 valence electrons. The highest BCUT2D eigenvalue weighted by molar-refractivity contribution is 7.92. The summed E-state index contributed by atoms with van der Waals surface area (Å²) in [6.07, 6.45) is 0. The van der Waals surface area contributed by atoms with Crippen LogP contribution < -0.4 is 4.72 Å². The second-order valence-electron chi connectivity index (χ2n) is 3.69. The largest absolute Gasteiger partial charge is 0.275 e. The van der Waals surface area contributed by atoms with Crippen LogP contribution in [-0.4, -0.2) is 13.4 Å². The van der Waals surface area contributed by atoms with E-state index in [9.17, 15) is 17.2 Å². The Morgan fingerprint density at radius 3 is 2.50 bits per heavy atom. The van der Waals surface area contributed by atoms with Gasteiger partial charge in [0, 0.05) is 0 Å². The summed E-state index contributed by atoms with van der Waals surface area (Å²) in [5.74, 6) is -2.36. The van der Waals surface area contributed by atoms with Crippen molar-refractivity contribution in [3.05, 3.63) is 53.9 Å². The van der Waals surface area contributed by atoms with Crippen LogP contribution in [-0.2, 0) is 10.0 Å². The van der Waals surface area contributed by atoms with Gasteiger partial charge in [0.1, 0.15) is 16.7 Å². The topological polar surface area (TPSA) is 82.8 Å². The summed E-state index contributed by atoms with van der Waals surface area (Å²) in [5, 5.41) is 8.86. The molecule has 0 bridgehead atoms. The molecule has 2 rings (SSSR count). The Hall–Kier alpha value is -2.53. The molecule has 1 N–H and O–H groups in total. The highest BCUT2D eigenvalue weighted by atomic mass is 32.2. The van der Waals surface area contributed by atoms with Crippen LogP contribution in [0.2, 0.25) is 0 Å². The third-order valence-electron chi connectivity index (χ3n) is 2.36.